The Morgan fingerprint density at radius 1 is 1.03 bits per heavy atom. The minimum atomic E-state index is 0.0357. The molecule has 29 heavy (non-hydrogen) atoms. The first kappa shape index (κ1) is 19.1. The van der Waals surface area contributed by atoms with Crippen LogP contribution in [0.25, 0.3) is 11.0 Å². The Hall–Kier alpha value is -1.89. The van der Waals surface area contributed by atoms with Crippen molar-refractivity contribution in [1.82, 2.24) is 19.4 Å². The van der Waals surface area contributed by atoms with Gasteiger partial charge in [-0.1, -0.05) is 12.1 Å². The number of aryl methyl sites for hydroxylation is 1. The predicted octanol–water partition coefficient (Wildman–Crippen LogP) is 4.35. The molecule has 154 valence electrons. The molecular formula is C23H30N4OS. The van der Waals surface area contributed by atoms with Crippen LogP contribution in [0.3, 0.4) is 0 Å². The molecule has 0 spiro atoms. The Balaban J connectivity index is 1.32. The van der Waals surface area contributed by atoms with E-state index in [2.05, 4.69) is 39.9 Å². The SMILES string of the molecule is Cc1ccc(CN2CCC(N3CCCCC3n3c(=O)[nH]c4ccccc43)CC2)s1. The smallest absolute Gasteiger partial charge is 0.305 e. The van der Waals surface area contributed by atoms with Crippen molar-refractivity contribution in [2.45, 2.75) is 57.8 Å². The van der Waals surface area contributed by atoms with Gasteiger partial charge in [0.25, 0.3) is 0 Å². The summed E-state index contributed by atoms with van der Waals surface area (Å²) >= 11 is 1.92. The van der Waals surface area contributed by atoms with Crippen LogP contribution >= 0.6 is 11.3 Å². The lowest BCUT2D eigenvalue weighted by Gasteiger charge is -2.44. The standard InChI is InChI=1S/C23H30N4OS/c1-17-9-10-19(29-17)16-25-14-11-18(12-15-25)26-13-5-4-8-22(26)27-21-7-3-2-6-20(21)24-23(27)28/h2-3,6-7,9-10,18,22H,4-5,8,11-16H2,1H3,(H,24,28). The zero-order valence-electron chi connectivity index (χ0n) is 17.1. The molecule has 2 aromatic heterocycles. The fourth-order valence-corrected chi connectivity index (χ4v) is 6.14. The monoisotopic (exact) mass is 410 g/mol. The highest BCUT2D eigenvalue weighted by molar-refractivity contribution is 7.11. The molecule has 0 amide bonds. The highest BCUT2D eigenvalue weighted by Crippen LogP contribution is 2.33. The number of imidazole rings is 1. The number of H-pyrrole nitrogens is 1. The van der Waals surface area contributed by atoms with Gasteiger partial charge in [0.1, 0.15) is 0 Å². The maximum atomic E-state index is 12.8. The highest BCUT2D eigenvalue weighted by atomic mass is 32.1. The van der Waals surface area contributed by atoms with Gasteiger partial charge in [0, 0.05) is 42.0 Å². The summed E-state index contributed by atoms with van der Waals surface area (Å²) in [4.78, 5) is 24.0. The third-order valence-electron chi connectivity index (χ3n) is 6.64. The lowest BCUT2D eigenvalue weighted by Crippen LogP contribution is -2.50. The molecule has 5 rings (SSSR count). The van der Waals surface area contributed by atoms with Gasteiger partial charge in [-0.05, 0) is 63.3 Å². The van der Waals surface area contributed by atoms with Crippen molar-refractivity contribution in [2.24, 2.45) is 0 Å². The number of aromatic nitrogens is 2. The minimum absolute atomic E-state index is 0.0357. The van der Waals surface area contributed by atoms with E-state index in [0.29, 0.717) is 6.04 Å². The average molecular weight is 411 g/mol. The van der Waals surface area contributed by atoms with Crippen LogP contribution < -0.4 is 5.69 Å². The van der Waals surface area contributed by atoms with Crippen LogP contribution in [0, 0.1) is 6.92 Å². The molecule has 1 atom stereocenters. The van der Waals surface area contributed by atoms with E-state index in [9.17, 15) is 4.79 Å². The average Bonchev–Trinajstić information content (AvgIpc) is 3.30. The van der Waals surface area contributed by atoms with Crippen LogP contribution in [0.15, 0.2) is 41.2 Å². The van der Waals surface area contributed by atoms with Crippen molar-refractivity contribution in [3.8, 4) is 0 Å². The molecule has 3 aromatic rings. The van der Waals surface area contributed by atoms with Crippen LogP contribution in [0.2, 0.25) is 0 Å². The molecule has 2 aliphatic rings. The molecule has 1 aromatic carbocycles. The van der Waals surface area contributed by atoms with E-state index in [0.717, 1.165) is 43.6 Å². The van der Waals surface area contributed by atoms with Gasteiger partial charge in [-0.25, -0.2) is 4.79 Å². The van der Waals surface area contributed by atoms with Crippen LogP contribution in [-0.4, -0.2) is 45.0 Å². The van der Waals surface area contributed by atoms with E-state index in [1.54, 1.807) is 0 Å². The number of nitrogens with one attached hydrogen (secondary N) is 1. The number of fused-ring (bicyclic) bond motifs is 1. The summed E-state index contributed by atoms with van der Waals surface area (Å²) in [6, 6.07) is 13.2. The van der Waals surface area contributed by atoms with Crippen LogP contribution in [0.4, 0.5) is 0 Å². The second kappa shape index (κ2) is 8.09. The molecule has 0 aliphatic carbocycles. The normalized spacial score (nSPS) is 22.4. The molecule has 0 radical (unpaired) electrons. The Kier molecular flexibility index (Phi) is 5.33. The largest absolute Gasteiger partial charge is 0.327 e. The van der Waals surface area contributed by atoms with Crippen molar-refractivity contribution >= 4 is 22.4 Å². The Bertz CT molecular complexity index is 1030. The second-order valence-electron chi connectivity index (χ2n) is 8.55. The lowest BCUT2D eigenvalue weighted by molar-refractivity contribution is 0.0174. The number of rotatable bonds is 4. The summed E-state index contributed by atoms with van der Waals surface area (Å²) in [6.45, 7) is 6.66. The van der Waals surface area contributed by atoms with E-state index in [-0.39, 0.29) is 11.9 Å². The summed E-state index contributed by atoms with van der Waals surface area (Å²) in [5.74, 6) is 0. The molecule has 1 unspecified atom stereocenters. The third kappa shape index (κ3) is 3.81. The summed E-state index contributed by atoms with van der Waals surface area (Å²) in [6.07, 6.45) is 6.07. The fraction of sp³-hybridized carbons (Fsp3) is 0.522. The van der Waals surface area contributed by atoms with E-state index >= 15 is 0 Å². The van der Waals surface area contributed by atoms with Gasteiger partial charge in [-0.2, -0.15) is 0 Å². The number of benzene rings is 1. The van der Waals surface area contributed by atoms with Gasteiger partial charge >= 0.3 is 5.69 Å². The van der Waals surface area contributed by atoms with Crippen molar-refractivity contribution in [3.05, 3.63) is 56.6 Å². The number of piperidine rings is 2. The molecule has 0 bridgehead atoms. The van der Waals surface area contributed by atoms with Crippen molar-refractivity contribution in [2.75, 3.05) is 19.6 Å². The predicted molar refractivity (Wildman–Crippen MR) is 120 cm³/mol. The maximum absolute atomic E-state index is 12.8. The first-order chi connectivity index (χ1) is 14.2. The summed E-state index contributed by atoms with van der Waals surface area (Å²) in [5, 5.41) is 0. The summed E-state index contributed by atoms with van der Waals surface area (Å²) < 4.78 is 2.02. The first-order valence-corrected chi connectivity index (χ1v) is 11.7. The quantitative estimate of drug-likeness (QED) is 0.695. The van der Waals surface area contributed by atoms with E-state index < -0.39 is 0 Å². The van der Waals surface area contributed by atoms with Crippen molar-refractivity contribution in [3.63, 3.8) is 0 Å². The number of aromatic amines is 1. The Morgan fingerprint density at radius 2 is 1.86 bits per heavy atom. The zero-order chi connectivity index (χ0) is 19.8. The van der Waals surface area contributed by atoms with Crippen molar-refractivity contribution < 1.29 is 0 Å². The van der Waals surface area contributed by atoms with Gasteiger partial charge in [-0.3, -0.25) is 14.4 Å². The lowest BCUT2D eigenvalue weighted by atomic mass is 9.98. The van der Waals surface area contributed by atoms with Crippen molar-refractivity contribution in [1.29, 1.82) is 0 Å². The number of hydrogen-bond donors (Lipinski definition) is 1. The third-order valence-corrected chi connectivity index (χ3v) is 7.62. The van der Waals surface area contributed by atoms with Gasteiger partial charge in [-0.15, -0.1) is 11.3 Å². The van der Waals surface area contributed by atoms with E-state index in [4.69, 9.17) is 0 Å². The van der Waals surface area contributed by atoms with Gasteiger partial charge in [0.15, 0.2) is 0 Å². The molecule has 4 heterocycles. The number of hydrogen-bond acceptors (Lipinski definition) is 4. The van der Waals surface area contributed by atoms with Gasteiger partial charge in [0.2, 0.25) is 0 Å². The number of para-hydroxylation sites is 2. The summed E-state index contributed by atoms with van der Waals surface area (Å²) in [7, 11) is 0. The molecule has 0 saturated carbocycles. The molecule has 6 heteroatoms. The summed E-state index contributed by atoms with van der Waals surface area (Å²) in [5.41, 5.74) is 2.03. The molecule has 5 nitrogen and oxygen atoms in total. The first-order valence-electron chi connectivity index (χ1n) is 10.9. The molecule has 2 aliphatic heterocycles. The molecule has 1 N–H and O–H groups in total. The van der Waals surface area contributed by atoms with Crippen LogP contribution in [-0.2, 0) is 6.54 Å². The van der Waals surface area contributed by atoms with E-state index in [1.807, 2.05) is 34.1 Å². The highest BCUT2D eigenvalue weighted by Gasteiger charge is 2.33. The molecule has 2 saturated heterocycles. The molecular weight excluding hydrogens is 380 g/mol. The van der Waals surface area contributed by atoms with Crippen LogP contribution in [0.5, 0.6) is 0 Å². The number of nitrogens with zero attached hydrogens (tertiary/aromatic N) is 3. The van der Waals surface area contributed by atoms with Crippen LogP contribution in [0.1, 0.15) is 48.0 Å². The second-order valence-corrected chi connectivity index (χ2v) is 9.92. The fourth-order valence-electron chi connectivity index (χ4n) is 5.21. The minimum Gasteiger partial charge on any atom is -0.305 e. The van der Waals surface area contributed by atoms with E-state index in [1.165, 1.54) is 35.4 Å². The number of likely N-dealkylation sites (tertiary alicyclic amines) is 2. The topological polar surface area (TPSA) is 44.3 Å². The number of thiophene rings is 1. The Labute approximate surface area is 175 Å². The van der Waals surface area contributed by atoms with Gasteiger partial charge < -0.3 is 4.98 Å². The zero-order valence-corrected chi connectivity index (χ0v) is 18.0. The molecule has 2 fully saturated rings. The van der Waals surface area contributed by atoms with Gasteiger partial charge in [0.05, 0.1) is 17.2 Å². The maximum Gasteiger partial charge on any atom is 0.327 e. The Morgan fingerprint density at radius 3 is 2.66 bits per heavy atom.